The monoisotopic (exact) mass is 414 g/mol. The van der Waals surface area contributed by atoms with Crippen molar-refractivity contribution in [2.24, 2.45) is 0 Å². The molecule has 0 aromatic heterocycles. The normalized spacial score (nSPS) is 32.8. The Kier molecular flexibility index (Phi) is 3.72. The van der Waals surface area contributed by atoms with E-state index < -0.39 is 65.4 Å². The first-order valence-corrected chi connectivity index (χ1v) is 6.33. The predicted molar refractivity (Wildman–Crippen MR) is 53.8 cm³/mol. The average molecular weight is 414 g/mol. The van der Waals surface area contributed by atoms with Crippen molar-refractivity contribution in [2.75, 3.05) is 0 Å². The molecule has 152 valence electrons. The fraction of sp³-hybridized carbons (Fsp3) is 0.909. The Balaban J connectivity index is 2.28. The topological polar surface area (TPSA) is 57.5 Å². The molecule has 0 saturated heterocycles. The van der Waals surface area contributed by atoms with Gasteiger partial charge in [0.25, 0.3) is 0 Å². The van der Waals surface area contributed by atoms with Crippen molar-refractivity contribution in [1.29, 1.82) is 0 Å². The smallest absolute Gasteiger partial charge is 0.377 e. The molecule has 15 heteroatoms. The van der Waals surface area contributed by atoms with Gasteiger partial charge in [0.15, 0.2) is 0 Å². The number of hydrogen-bond donors (Lipinski definition) is 2. The first-order valence-electron chi connectivity index (χ1n) is 6.33. The number of alkyl halides is 12. The lowest BCUT2D eigenvalue weighted by Crippen LogP contribution is -2.87. The maximum absolute atomic E-state index is 13.1. The zero-order valence-corrected chi connectivity index (χ0v) is 11.8. The fourth-order valence-electron chi connectivity index (χ4n) is 2.78. The van der Waals surface area contributed by atoms with Gasteiger partial charge in [-0.15, -0.1) is 0 Å². The van der Waals surface area contributed by atoms with E-state index in [0.717, 1.165) is 0 Å². The fourth-order valence-corrected chi connectivity index (χ4v) is 2.78. The van der Waals surface area contributed by atoms with E-state index in [0.29, 0.717) is 0 Å². The van der Waals surface area contributed by atoms with E-state index in [1.165, 1.54) is 0 Å². The standard InChI is InChI=1S/C11H6F12O3/c12-6(13)4(25,7(14,15)10(6,20)21)1-3(24)2-5(26)8(16,17)11(22,23)9(5,18)19/h25-26H,1-2H2. The molecule has 2 N–H and O–H groups in total. The molecule has 2 rings (SSSR count). The van der Waals surface area contributed by atoms with Crippen LogP contribution in [0.15, 0.2) is 0 Å². The van der Waals surface area contributed by atoms with E-state index in [2.05, 4.69) is 0 Å². The van der Waals surface area contributed by atoms with Crippen molar-refractivity contribution < 1.29 is 67.7 Å². The summed E-state index contributed by atoms with van der Waals surface area (Å²) in [6.07, 6.45) is -5.58. The van der Waals surface area contributed by atoms with Crippen LogP contribution in [0.5, 0.6) is 0 Å². The number of hydrogen-bond acceptors (Lipinski definition) is 3. The molecule has 0 spiro atoms. The molecule has 0 radical (unpaired) electrons. The Labute approximate surface area is 134 Å². The molecule has 0 heterocycles. The molecule has 2 aliphatic rings. The van der Waals surface area contributed by atoms with Crippen molar-refractivity contribution in [3.63, 3.8) is 0 Å². The molecule has 2 saturated carbocycles. The van der Waals surface area contributed by atoms with Crippen LogP contribution in [0.3, 0.4) is 0 Å². The van der Waals surface area contributed by atoms with Crippen molar-refractivity contribution >= 4 is 5.78 Å². The first kappa shape index (κ1) is 21.1. The van der Waals surface area contributed by atoms with Crippen molar-refractivity contribution in [3.8, 4) is 0 Å². The average Bonchev–Trinajstić information content (AvgIpc) is 2.43. The second kappa shape index (κ2) is 4.59. The van der Waals surface area contributed by atoms with Crippen LogP contribution in [0, 0.1) is 0 Å². The number of aliphatic hydroxyl groups is 2. The van der Waals surface area contributed by atoms with Gasteiger partial charge >= 0.3 is 35.5 Å². The van der Waals surface area contributed by atoms with Gasteiger partial charge in [-0.3, -0.25) is 4.79 Å². The summed E-state index contributed by atoms with van der Waals surface area (Å²) in [5.41, 5.74) is -10.3. The molecule has 0 aromatic carbocycles. The minimum atomic E-state index is -6.16. The van der Waals surface area contributed by atoms with Crippen LogP contribution in [0.25, 0.3) is 0 Å². The third-order valence-electron chi connectivity index (χ3n) is 4.56. The number of rotatable bonds is 4. The second-order valence-electron chi connectivity index (χ2n) is 6.06. The molecule has 0 amide bonds. The quantitative estimate of drug-likeness (QED) is 0.696. The summed E-state index contributed by atoms with van der Waals surface area (Å²) in [4.78, 5) is 11.3. The Morgan fingerprint density at radius 2 is 0.692 bits per heavy atom. The van der Waals surface area contributed by atoms with E-state index in [-0.39, 0.29) is 0 Å². The van der Waals surface area contributed by atoms with Crippen LogP contribution in [0.2, 0.25) is 0 Å². The summed E-state index contributed by atoms with van der Waals surface area (Å²) in [6, 6.07) is 0. The minimum Gasteiger partial charge on any atom is -0.377 e. The summed E-state index contributed by atoms with van der Waals surface area (Å²) in [7, 11) is 0. The van der Waals surface area contributed by atoms with Gasteiger partial charge in [0.1, 0.15) is 5.78 Å². The zero-order chi connectivity index (χ0) is 21.0. The number of carbonyl (C=O) groups is 1. The van der Waals surface area contributed by atoms with Gasteiger partial charge in [-0.05, 0) is 0 Å². The highest BCUT2D eigenvalue weighted by Gasteiger charge is 3.00. The second-order valence-corrected chi connectivity index (χ2v) is 6.06. The Morgan fingerprint density at radius 1 is 0.500 bits per heavy atom. The highest BCUT2D eigenvalue weighted by molar-refractivity contribution is 5.82. The lowest BCUT2D eigenvalue weighted by atomic mass is 9.62. The molecule has 3 nitrogen and oxygen atoms in total. The maximum Gasteiger partial charge on any atom is 0.378 e. The molecule has 0 aliphatic heterocycles. The van der Waals surface area contributed by atoms with Gasteiger partial charge in [-0.2, -0.15) is 52.7 Å². The third kappa shape index (κ3) is 1.65. The van der Waals surface area contributed by atoms with Crippen LogP contribution in [-0.4, -0.2) is 62.7 Å². The Bertz CT molecular complexity index is 565. The summed E-state index contributed by atoms with van der Waals surface area (Å²) in [5, 5.41) is 18.0. The van der Waals surface area contributed by atoms with Gasteiger partial charge in [0.2, 0.25) is 11.2 Å². The SMILES string of the molecule is O=C(CC1(O)C(F)(F)C(F)(F)C1(F)F)CC1(O)C(F)(F)C(F)(F)C1(F)F. The lowest BCUT2D eigenvalue weighted by Gasteiger charge is -2.57. The highest BCUT2D eigenvalue weighted by atomic mass is 19.4. The molecule has 0 bridgehead atoms. The van der Waals surface area contributed by atoms with E-state index >= 15 is 0 Å². The summed E-state index contributed by atoms with van der Waals surface area (Å²) < 4.78 is 155. The molecular formula is C11H6F12O3. The first-order chi connectivity index (χ1) is 11.1. The number of halogens is 12. The van der Waals surface area contributed by atoms with E-state index in [1.807, 2.05) is 0 Å². The van der Waals surface area contributed by atoms with Crippen LogP contribution in [0.1, 0.15) is 12.8 Å². The van der Waals surface area contributed by atoms with Crippen LogP contribution >= 0.6 is 0 Å². The molecule has 2 aliphatic carbocycles. The third-order valence-corrected chi connectivity index (χ3v) is 4.56. The van der Waals surface area contributed by atoms with Crippen LogP contribution < -0.4 is 0 Å². The molecule has 26 heavy (non-hydrogen) atoms. The summed E-state index contributed by atoms with van der Waals surface area (Å²) in [6.45, 7) is 0. The molecular weight excluding hydrogens is 408 g/mol. The van der Waals surface area contributed by atoms with Gasteiger partial charge < -0.3 is 10.2 Å². The number of carbonyl (C=O) groups excluding carboxylic acids is 1. The van der Waals surface area contributed by atoms with E-state index in [1.54, 1.807) is 0 Å². The van der Waals surface area contributed by atoms with Gasteiger partial charge in [-0.25, -0.2) is 0 Å². The van der Waals surface area contributed by atoms with Gasteiger partial charge in [-0.1, -0.05) is 0 Å². The molecule has 0 aromatic rings. The van der Waals surface area contributed by atoms with Crippen molar-refractivity contribution in [3.05, 3.63) is 0 Å². The van der Waals surface area contributed by atoms with Crippen LogP contribution in [0.4, 0.5) is 52.7 Å². The van der Waals surface area contributed by atoms with Crippen LogP contribution in [-0.2, 0) is 4.79 Å². The van der Waals surface area contributed by atoms with Crippen molar-refractivity contribution in [1.82, 2.24) is 0 Å². The molecule has 0 atom stereocenters. The maximum atomic E-state index is 13.1. The zero-order valence-electron chi connectivity index (χ0n) is 11.8. The van der Waals surface area contributed by atoms with Crippen molar-refractivity contribution in [2.45, 2.75) is 59.6 Å². The largest absolute Gasteiger partial charge is 0.378 e. The predicted octanol–water partition coefficient (Wildman–Crippen LogP) is 2.64. The summed E-state index contributed by atoms with van der Waals surface area (Å²) in [5.74, 6) is -38.9. The van der Waals surface area contributed by atoms with E-state index in [9.17, 15) is 57.5 Å². The minimum absolute atomic E-state index is 2.63. The number of Topliss-reactive ketones (excluding diaryl/α,β-unsaturated/α-hetero) is 1. The molecule has 2 fully saturated rings. The number of ketones is 1. The highest BCUT2D eigenvalue weighted by Crippen LogP contribution is 2.70. The Morgan fingerprint density at radius 3 is 0.885 bits per heavy atom. The Hall–Kier alpha value is -1.25. The van der Waals surface area contributed by atoms with Gasteiger partial charge in [0, 0.05) is 12.8 Å². The molecule has 0 unspecified atom stereocenters. The summed E-state index contributed by atoms with van der Waals surface area (Å²) >= 11 is 0. The van der Waals surface area contributed by atoms with Gasteiger partial charge in [0.05, 0.1) is 0 Å². The lowest BCUT2D eigenvalue weighted by molar-refractivity contribution is -0.492. The van der Waals surface area contributed by atoms with E-state index in [4.69, 9.17) is 10.2 Å².